The maximum absolute atomic E-state index is 11.0. The van der Waals surface area contributed by atoms with Crippen molar-refractivity contribution >= 4 is 17.5 Å². The number of aromatic nitrogens is 1. The molecule has 0 aliphatic heterocycles. The quantitative estimate of drug-likeness (QED) is 0.591. The lowest BCUT2D eigenvalue weighted by atomic mass is 9.96. The predicted molar refractivity (Wildman–Crippen MR) is 65.3 cm³/mol. The monoisotopic (exact) mass is 253 g/mol. The molecule has 0 spiro atoms. The molecule has 0 saturated carbocycles. The molecule has 1 atom stereocenters. The Morgan fingerprint density at radius 2 is 2.28 bits per heavy atom. The number of hydrogen-bond acceptors (Lipinski definition) is 5. The van der Waals surface area contributed by atoms with Gasteiger partial charge in [0.05, 0.1) is 16.9 Å². The largest absolute Gasteiger partial charge is 0.481 e. The molecular formula is C11H15N3O4. The summed E-state index contributed by atoms with van der Waals surface area (Å²) in [7, 11) is 0. The first-order valence-electron chi connectivity index (χ1n) is 5.49. The number of carbonyl (C=O) groups is 1. The van der Waals surface area contributed by atoms with Gasteiger partial charge < -0.3 is 10.4 Å². The molecule has 0 bridgehead atoms. The maximum atomic E-state index is 11.0. The molecule has 1 heterocycles. The Labute approximate surface area is 104 Å². The summed E-state index contributed by atoms with van der Waals surface area (Å²) in [5, 5.41) is 22.4. The van der Waals surface area contributed by atoms with Gasteiger partial charge in [0, 0.05) is 18.8 Å². The van der Waals surface area contributed by atoms with E-state index in [2.05, 4.69) is 10.3 Å². The number of carboxylic acid groups (broad SMARTS) is 1. The van der Waals surface area contributed by atoms with E-state index < -0.39 is 16.8 Å². The molecule has 0 fully saturated rings. The van der Waals surface area contributed by atoms with Crippen molar-refractivity contribution in [3.8, 4) is 0 Å². The van der Waals surface area contributed by atoms with Crippen molar-refractivity contribution in [2.75, 3.05) is 11.9 Å². The van der Waals surface area contributed by atoms with Crippen LogP contribution in [0.4, 0.5) is 11.5 Å². The average Bonchev–Trinajstić information content (AvgIpc) is 2.28. The van der Waals surface area contributed by atoms with E-state index in [9.17, 15) is 14.9 Å². The van der Waals surface area contributed by atoms with Crippen LogP contribution in [0.15, 0.2) is 18.3 Å². The summed E-state index contributed by atoms with van der Waals surface area (Å²) in [5.74, 6) is -1.20. The number of pyridine rings is 1. The summed E-state index contributed by atoms with van der Waals surface area (Å²) in [6.45, 7) is 3.80. The van der Waals surface area contributed by atoms with E-state index in [0.29, 0.717) is 5.82 Å². The van der Waals surface area contributed by atoms with Gasteiger partial charge in [-0.25, -0.2) is 4.98 Å². The summed E-state index contributed by atoms with van der Waals surface area (Å²) in [4.78, 5) is 24.9. The molecule has 0 aliphatic carbocycles. The summed E-state index contributed by atoms with van der Waals surface area (Å²) < 4.78 is 0. The molecule has 0 amide bonds. The second kappa shape index (κ2) is 5.95. The zero-order valence-electron chi connectivity index (χ0n) is 10.2. The SMILES string of the molecule is CC(C)C(CNc1cc([N+](=O)[O-])ccn1)C(=O)O. The Hall–Kier alpha value is -2.18. The molecule has 1 aromatic heterocycles. The van der Waals surface area contributed by atoms with E-state index in [0.717, 1.165) is 0 Å². The molecule has 18 heavy (non-hydrogen) atoms. The number of rotatable bonds is 6. The van der Waals surface area contributed by atoms with E-state index in [1.165, 1.54) is 18.3 Å². The second-order valence-electron chi connectivity index (χ2n) is 4.23. The van der Waals surface area contributed by atoms with E-state index in [1.807, 2.05) is 0 Å². The lowest BCUT2D eigenvalue weighted by Gasteiger charge is -2.16. The molecule has 98 valence electrons. The Morgan fingerprint density at radius 3 is 2.78 bits per heavy atom. The van der Waals surface area contributed by atoms with E-state index in [4.69, 9.17) is 5.11 Å². The fraction of sp³-hybridized carbons (Fsp3) is 0.455. The fourth-order valence-electron chi connectivity index (χ4n) is 1.45. The number of nitrogens with one attached hydrogen (secondary N) is 1. The molecule has 1 unspecified atom stereocenters. The number of hydrogen-bond donors (Lipinski definition) is 2. The third-order valence-electron chi connectivity index (χ3n) is 2.58. The van der Waals surface area contributed by atoms with E-state index in [-0.39, 0.29) is 18.2 Å². The van der Waals surface area contributed by atoms with Crippen molar-refractivity contribution in [3.63, 3.8) is 0 Å². The molecule has 2 N–H and O–H groups in total. The summed E-state index contributed by atoms with van der Waals surface area (Å²) >= 11 is 0. The first-order valence-corrected chi connectivity index (χ1v) is 5.49. The highest BCUT2D eigenvalue weighted by molar-refractivity contribution is 5.71. The summed E-state index contributed by atoms with van der Waals surface area (Å²) in [5.41, 5.74) is -0.0797. The molecule has 7 heteroatoms. The molecule has 1 aromatic rings. The van der Waals surface area contributed by atoms with Crippen molar-refractivity contribution in [1.29, 1.82) is 0 Å². The fourth-order valence-corrected chi connectivity index (χ4v) is 1.45. The van der Waals surface area contributed by atoms with Crippen LogP contribution in [0.2, 0.25) is 0 Å². The smallest absolute Gasteiger partial charge is 0.308 e. The topological polar surface area (TPSA) is 105 Å². The van der Waals surface area contributed by atoms with Gasteiger partial charge in [-0.15, -0.1) is 0 Å². The Morgan fingerprint density at radius 1 is 1.61 bits per heavy atom. The second-order valence-corrected chi connectivity index (χ2v) is 4.23. The van der Waals surface area contributed by atoms with Crippen molar-refractivity contribution in [2.45, 2.75) is 13.8 Å². The van der Waals surface area contributed by atoms with Crippen LogP contribution in [0, 0.1) is 22.0 Å². The van der Waals surface area contributed by atoms with Crippen LogP contribution < -0.4 is 5.32 Å². The van der Waals surface area contributed by atoms with E-state index in [1.54, 1.807) is 13.8 Å². The molecule has 0 radical (unpaired) electrons. The number of nitro groups is 1. The van der Waals surface area contributed by atoms with Crippen molar-refractivity contribution in [3.05, 3.63) is 28.4 Å². The lowest BCUT2D eigenvalue weighted by Crippen LogP contribution is -2.27. The van der Waals surface area contributed by atoms with Gasteiger partial charge in [-0.2, -0.15) is 0 Å². The van der Waals surface area contributed by atoms with E-state index >= 15 is 0 Å². The molecule has 0 saturated heterocycles. The zero-order valence-corrected chi connectivity index (χ0v) is 10.2. The van der Waals surface area contributed by atoms with Crippen molar-refractivity contribution in [1.82, 2.24) is 4.98 Å². The first kappa shape index (κ1) is 13.9. The van der Waals surface area contributed by atoms with Gasteiger partial charge in [-0.1, -0.05) is 13.8 Å². The van der Waals surface area contributed by atoms with Crippen LogP contribution in [-0.4, -0.2) is 27.5 Å². The lowest BCUT2D eigenvalue weighted by molar-refractivity contribution is -0.384. The predicted octanol–water partition coefficient (Wildman–Crippen LogP) is 1.76. The van der Waals surface area contributed by atoms with Crippen molar-refractivity contribution < 1.29 is 14.8 Å². The molecule has 0 aromatic carbocycles. The van der Waals surface area contributed by atoms with Crippen LogP contribution in [0.3, 0.4) is 0 Å². The van der Waals surface area contributed by atoms with Gasteiger partial charge in [0.15, 0.2) is 0 Å². The average molecular weight is 253 g/mol. The Balaban J connectivity index is 2.70. The number of carboxylic acids is 1. The third kappa shape index (κ3) is 3.69. The third-order valence-corrected chi connectivity index (χ3v) is 2.58. The van der Waals surface area contributed by atoms with Gasteiger partial charge in [0.2, 0.25) is 0 Å². The van der Waals surface area contributed by atoms with Gasteiger partial charge in [-0.05, 0) is 5.92 Å². The normalized spacial score (nSPS) is 12.2. The first-order chi connectivity index (χ1) is 8.41. The summed E-state index contributed by atoms with van der Waals surface area (Å²) in [6.07, 6.45) is 1.31. The molecule has 7 nitrogen and oxygen atoms in total. The van der Waals surface area contributed by atoms with Crippen molar-refractivity contribution in [2.24, 2.45) is 11.8 Å². The van der Waals surface area contributed by atoms with Crippen LogP contribution in [0.5, 0.6) is 0 Å². The number of nitrogens with zero attached hydrogens (tertiary/aromatic N) is 2. The Bertz CT molecular complexity index is 448. The van der Waals surface area contributed by atoms with Gasteiger partial charge in [0.1, 0.15) is 5.82 Å². The zero-order chi connectivity index (χ0) is 13.7. The van der Waals surface area contributed by atoms with Crippen LogP contribution in [-0.2, 0) is 4.79 Å². The standard InChI is InChI=1S/C11H15N3O4/c1-7(2)9(11(15)16)6-13-10-5-8(14(17)18)3-4-12-10/h3-5,7,9H,6H2,1-2H3,(H,12,13)(H,15,16). The molecule has 0 aliphatic rings. The highest BCUT2D eigenvalue weighted by Crippen LogP contribution is 2.16. The van der Waals surface area contributed by atoms with Crippen LogP contribution in [0.25, 0.3) is 0 Å². The minimum Gasteiger partial charge on any atom is -0.481 e. The van der Waals surface area contributed by atoms with Gasteiger partial charge >= 0.3 is 5.97 Å². The van der Waals surface area contributed by atoms with Crippen LogP contribution >= 0.6 is 0 Å². The highest BCUT2D eigenvalue weighted by Gasteiger charge is 2.21. The van der Waals surface area contributed by atoms with Gasteiger partial charge in [-0.3, -0.25) is 14.9 Å². The molecular weight excluding hydrogens is 238 g/mol. The maximum Gasteiger partial charge on any atom is 0.308 e. The summed E-state index contributed by atoms with van der Waals surface area (Å²) in [6, 6.07) is 2.56. The minimum atomic E-state index is -0.900. The molecule has 1 rings (SSSR count). The Kier molecular flexibility index (Phi) is 4.59. The van der Waals surface area contributed by atoms with Gasteiger partial charge in [0.25, 0.3) is 5.69 Å². The number of aliphatic carboxylic acids is 1. The minimum absolute atomic E-state index is 0.0336. The number of anilines is 1. The van der Waals surface area contributed by atoms with Crippen LogP contribution in [0.1, 0.15) is 13.8 Å². The highest BCUT2D eigenvalue weighted by atomic mass is 16.6.